The molecule has 2 aromatic heterocycles. The van der Waals surface area contributed by atoms with Gasteiger partial charge in [0.25, 0.3) is 5.56 Å². The van der Waals surface area contributed by atoms with Gasteiger partial charge in [-0.15, -0.1) is 0 Å². The van der Waals surface area contributed by atoms with E-state index in [2.05, 4.69) is 21.6 Å². The van der Waals surface area contributed by atoms with Crippen molar-refractivity contribution in [3.05, 3.63) is 87.5 Å². The highest BCUT2D eigenvalue weighted by Gasteiger charge is 2.31. The second kappa shape index (κ2) is 8.83. The molecule has 0 aliphatic heterocycles. The van der Waals surface area contributed by atoms with Crippen molar-refractivity contribution < 1.29 is 13.2 Å². The van der Waals surface area contributed by atoms with E-state index in [1.807, 2.05) is 13.0 Å². The van der Waals surface area contributed by atoms with E-state index >= 15 is 0 Å². The van der Waals surface area contributed by atoms with E-state index in [9.17, 15) is 18.0 Å². The number of halogens is 3. The average molecular weight is 479 g/mol. The number of para-hydroxylation sites is 1. The molecule has 35 heavy (non-hydrogen) atoms. The highest BCUT2D eigenvalue weighted by Crippen LogP contribution is 2.34. The maximum Gasteiger partial charge on any atom is 0.416 e. The van der Waals surface area contributed by atoms with Gasteiger partial charge in [0.05, 0.1) is 22.7 Å². The number of alkyl halides is 3. The van der Waals surface area contributed by atoms with Crippen LogP contribution in [0.5, 0.6) is 0 Å². The molecule has 0 radical (unpaired) electrons. The van der Waals surface area contributed by atoms with Gasteiger partial charge in [-0.05, 0) is 57.0 Å². The number of aryl methyl sites for hydroxylation is 1. The minimum absolute atomic E-state index is 0.0562. The van der Waals surface area contributed by atoms with Crippen LogP contribution < -0.4 is 5.56 Å². The van der Waals surface area contributed by atoms with Crippen LogP contribution in [0.2, 0.25) is 0 Å². The fraction of sp³-hybridized carbons (Fsp3) is 0.296. The highest BCUT2D eigenvalue weighted by atomic mass is 19.4. The molecule has 0 saturated heterocycles. The second-order valence-corrected chi connectivity index (χ2v) is 9.03. The van der Waals surface area contributed by atoms with Crippen molar-refractivity contribution in [3.63, 3.8) is 0 Å². The first-order chi connectivity index (χ1) is 16.7. The Balaban J connectivity index is 1.66. The van der Waals surface area contributed by atoms with E-state index in [0.717, 1.165) is 46.6 Å². The maximum atomic E-state index is 13.4. The highest BCUT2D eigenvalue weighted by molar-refractivity contribution is 5.83. The standard InChI is InChI=1S/C27H25F3N4O/c1-17-14-20(18(2)33(17)22-10-3-4-11-22)16-31-34-25(19-8-7-9-21(15-19)27(28,29)30)32-24-13-6-5-12-23(24)26(34)35/h5-9,12-16,22H,3-4,10-11H2,1-2H3. The van der Waals surface area contributed by atoms with Gasteiger partial charge in [0.2, 0.25) is 0 Å². The zero-order valence-electron chi connectivity index (χ0n) is 19.5. The first-order valence-corrected chi connectivity index (χ1v) is 11.7. The van der Waals surface area contributed by atoms with Crippen molar-refractivity contribution in [1.82, 2.24) is 14.2 Å². The van der Waals surface area contributed by atoms with Crippen LogP contribution in [0.4, 0.5) is 13.2 Å². The molecule has 2 heterocycles. The quantitative estimate of drug-likeness (QED) is 0.315. The van der Waals surface area contributed by atoms with E-state index in [1.165, 1.54) is 25.0 Å². The Morgan fingerprint density at radius 3 is 2.51 bits per heavy atom. The Morgan fingerprint density at radius 2 is 1.77 bits per heavy atom. The molecular weight excluding hydrogens is 453 g/mol. The minimum Gasteiger partial charge on any atom is -0.345 e. The summed E-state index contributed by atoms with van der Waals surface area (Å²) in [5, 5.41) is 4.80. The summed E-state index contributed by atoms with van der Waals surface area (Å²) in [6.07, 6.45) is 1.79. The van der Waals surface area contributed by atoms with Crippen molar-refractivity contribution in [3.8, 4) is 11.4 Å². The SMILES string of the molecule is Cc1cc(C=Nn2c(-c3cccc(C(F)(F)F)c3)nc3ccccc3c2=O)c(C)n1C1CCCC1. The molecule has 5 nitrogen and oxygen atoms in total. The maximum absolute atomic E-state index is 13.4. The topological polar surface area (TPSA) is 52.2 Å². The Hall–Kier alpha value is -3.68. The third-order valence-corrected chi connectivity index (χ3v) is 6.73. The predicted octanol–water partition coefficient (Wildman–Crippen LogP) is 6.50. The second-order valence-electron chi connectivity index (χ2n) is 9.03. The number of rotatable bonds is 4. The predicted molar refractivity (Wildman–Crippen MR) is 131 cm³/mol. The molecule has 0 N–H and O–H groups in total. The van der Waals surface area contributed by atoms with Crippen molar-refractivity contribution in [2.75, 3.05) is 0 Å². The normalized spacial score (nSPS) is 15.0. The van der Waals surface area contributed by atoms with Gasteiger partial charge in [-0.2, -0.15) is 22.9 Å². The molecule has 1 fully saturated rings. The molecule has 5 rings (SSSR count). The third kappa shape index (κ3) is 4.29. The van der Waals surface area contributed by atoms with Gasteiger partial charge >= 0.3 is 6.18 Å². The molecule has 0 atom stereocenters. The van der Waals surface area contributed by atoms with Crippen LogP contribution >= 0.6 is 0 Å². The Bertz CT molecular complexity index is 1490. The van der Waals surface area contributed by atoms with E-state index in [1.54, 1.807) is 30.5 Å². The van der Waals surface area contributed by atoms with Gasteiger partial charge in [0.15, 0.2) is 5.82 Å². The molecule has 1 aliphatic carbocycles. The first kappa shape index (κ1) is 23.1. The lowest BCUT2D eigenvalue weighted by molar-refractivity contribution is -0.137. The number of nitrogens with zero attached hydrogens (tertiary/aromatic N) is 4. The lowest BCUT2D eigenvalue weighted by Crippen LogP contribution is -2.20. The van der Waals surface area contributed by atoms with Crippen LogP contribution in [0.3, 0.4) is 0 Å². The summed E-state index contributed by atoms with van der Waals surface area (Å²) >= 11 is 0. The van der Waals surface area contributed by atoms with Crippen LogP contribution in [0.25, 0.3) is 22.3 Å². The molecule has 1 saturated carbocycles. The van der Waals surface area contributed by atoms with Gasteiger partial charge in [-0.1, -0.05) is 37.1 Å². The smallest absolute Gasteiger partial charge is 0.345 e. The van der Waals surface area contributed by atoms with Crippen LogP contribution in [-0.2, 0) is 6.18 Å². The fourth-order valence-electron chi connectivity index (χ4n) is 5.03. The largest absolute Gasteiger partial charge is 0.416 e. The minimum atomic E-state index is -4.51. The molecule has 8 heteroatoms. The van der Waals surface area contributed by atoms with Crippen molar-refractivity contribution in [2.45, 2.75) is 51.7 Å². The van der Waals surface area contributed by atoms with Crippen molar-refractivity contribution >= 4 is 17.1 Å². The van der Waals surface area contributed by atoms with E-state index in [0.29, 0.717) is 16.9 Å². The van der Waals surface area contributed by atoms with Gasteiger partial charge < -0.3 is 4.57 Å². The molecule has 0 amide bonds. The number of hydrogen-bond donors (Lipinski definition) is 0. The van der Waals surface area contributed by atoms with Crippen LogP contribution in [0.15, 0.2) is 64.5 Å². The van der Waals surface area contributed by atoms with Crippen molar-refractivity contribution in [2.24, 2.45) is 5.10 Å². The molecular formula is C27H25F3N4O. The Labute approximate surface area is 200 Å². The summed E-state index contributed by atoms with van der Waals surface area (Å²) in [5.41, 5.74) is 2.35. The summed E-state index contributed by atoms with van der Waals surface area (Å²) in [6, 6.07) is 14.0. The fourth-order valence-corrected chi connectivity index (χ4v) is 5.03. The average Bonchev–Trinajstić information content (AvgIpc) is 3.45. The van der Waals surface area contributed by atoms with Gasteiger partial charge in [0.1, 0.15) is 0 Å². The van der Waals surface area contributed by atoms with E-state index in [4.69, 9.17) is 0 Å². The molecule has 4 aromatic rings. The molecule has 0 spiro atoms. The van der Waals surface area contributed by atoms with E-state index < -0.39 is 17.3 Å². The van der Waals surface area contributed by atoms with Crippen molar-refractivity contribution in [1.29, 1.82) is 0 Å². The molecule has 2 aromatic carbocycles. The number of benzene rings is 2. The number of fused-ring (bicyclic) bond motifs is 1. The van der Waals surface area contributed by atoms with Gasteiger partial charge in [-0.3, -0.25) is 4.79 Å². The van der Waals surface area contributed by atoms with Gasteiger partial charge in [0, 0.05) is 28.6 Å². The Morgan fingerprint density at radius 1 is 1.03 bits per heavy atom. The monoisotopic (exact) mass is 478 g/mol. The summed E-state index contributed by atoms with van der Waals surface area (Å²) in [5.74, 6) is 0.0562. The molecule has 180 valence electrons. The lowest BCUT2D eigenvalue weighted by Gasteiger charge is -2.17. The zero-order valence-corrected chi connectivity index (χ0v) is 19.5. The number of hydrogen-bond acceptors (Lipinski definition) is 3. The summed E-state index contributed by atoms with van der Waals surface area (Å²) < 4.78 is 43.6. The zero-order chi connectivity index (χ0) is 24.7. The summed E-state index contributed by atoms with van der Waals surface area (Å²) in [7, 11) is 0. The Kier molecular flexibility index (Phi) is 5.83. The summed E-state index contributed by atoms with van der Waals surface area (Å²) in [4.78, 5) is 17.9. The van der Waals surface area contributed by atoms with Crippen LogP contribution in [-0.4, -0.2) is 20.4 Å². The van der Waals surface area contributed by atoms with Gasteiger partial charge in [-0.25, -0.2) is 4.98 Å². The molecule has 0 bridgehead atoms. The van der Waals surface area contributed by atoms with E-state index in [-0.39, 0.29) is 11.4 Å². The summed E-state index contributed by atoms with van der Waals surface area (Å²) in [6.45, 7) is 4.09. The van der Waals surface area contributed by atoms with Crippen LogP contribution in [0, 0.1) is 13.8 Å². The molecule has 1 aliphatic rings. The lowest BCUT2D eigenvalue weighted by atomic mass is 10.1. The molecule has 0 unspecified atom stereocenters. The third-order valence-electron chi connectivity index (χ3n) is 6.73. The van der Waals surface area contributed by atoms with Crippen LogP contribution in [0.1, 0.15) is 54.2 Å². The first-order valence-electron chi connectivity index (χ1n) is 11.7. The number of aromatic nitrogens is 3.